The minimum Gasteiger partial charge on any atom is -0.368 e. The van der Waals surface area contributed by atoms with Gasteiger partial charge in [0.2, 0.25) is 5.91 Å². The molecule has 8 nitrogen and oxygen atoms in total. The number of rotatable bonds is 4. The largest absolute Gasteiger partial charge is 0.368 e. The number of hydrogen-bond acceptors (Lipinski definition) is 6. The molecular formula is C19H19ClFN7O. The van der Waals surface area contributed by atoms with Gasteiger partial charge < -0.3 is 10.6 Å². The lowest BCUT2D eigenvalue weighted by atomic mass is 10.1. The second kappa shape index (κ2) is 6.93. The first kappa shape index (κ1) is 18.3. The number of hydrogen-bond donors (Lipinski definition) is 1. The van der Waals surface area contributed by atoms with E-state index in [1.807, 2.05) is 6.07 Å². The highest BCUT2D eigenvalue weighted by Gasteiger charge is 2.40. The smallest absolute Gasteiger partial charge is 0.236 e. The van der Waals surface area contributed by atoms with Crippen LogP contribution in [0.2, 0.25) is 5.02 Å². The van der Waals surface area contributed by atoms with E-state index >= 15 is 0 Å². The molecule has 2 N–H and O–H groups in total. The van der Waals surface area contributed by atoms with Gasteiger partial charge >= 0.3 is 0 Å². The van der Waals surface area contributed by atoms with Crippen molar-refractivity contribution in [3.8, 4) is 11.5 Å². The van der Waals surface area contributed by atoms with E-state index in [4.69, 9.17) is 17.3 Å². The number of anilines is 1. The molecule has 0 bridgehead atoms. The van der Waals surface area contributed by atoms with Crippen LogP contribution in [0.3, 0.4) is 0 Å². The summed E-state index contributed by atoms with van der Waals surface area (Å²) in [5.41, 5.74) is 6.69. The summed E-state index contributed by atoms with van der Waals surface area (Å²) in [6, 6.07) is 3.22. The summed E-state index contributed by atoms with van der Waals surface area (Å²) in [6.45, 7) is 2.01. The number of nitrogens with zero attached hydrogens (tertiary/aromatic N) is 6. The minimum atomic E-state index is -0.531. The third-order valence-electron chi connectivity index (χ3n) is 5.51. The highest BCUT2D eigenvalue weighted by molar-refractivity contribution is 6.30. The number of aromatic nitrogens is 4. The Morgan fingerprint density at radius 1 is 1.28 bits per heavy atom. The standard InChI is InChI=1S/C19H19ClFN7O/c20-12-9-28-14(8-24-17(28)7-13(12)21)19-23-4-3-16(25-19)26-5-6-27(11-1-2-11)15(10-26)18(22)29/h3-4,7-9,11,15H,1-2,5-6,10H2,(H2,22,29). The molecule has 0 aromatic carbocycles. The maximum Gasteiger partial charge on any atom is 0.236 e. The van der Waals surface area contributed by atoms with Gasteiger partial charge in [0.1, 0.15) is 29.0 Å². The van der Waals surface area contributed by atoms with Crippen molar-refractivity contribution in [3.63, 3.8) is 0 Å². The van der Waals surface area contributed by atoms with Gasteiger partial charge in [0, 0.05) is 44.1 Å². The molecule has 1 aliphatic heterocycles. The number of nitrogens with two attached hydrogens (primary N) is 1. The van der Waals surface area contributed by atoms with E-state index in [0.29, 0.717) is 35.6 Å². The number of fused-ring (bicyclic) bond motifs is 1. The molecule has 29 heavy (non-hydrogen) atoms. The number of primary amides is 1. The Kier molecular flexibility index (Phi) is 4.36. The fraction of sp³-hybridized carbons (Fsp3) is 0.368. The third kappa shape index (κ3) is 3.30. The zero-order valence-corrected chi connectivity index (χ0v) is 16.3. The lowest BCUT2D eigenvalue weighted by molar-refractivity contribution is -0.123. The first-order valence-electron chi connectivity index (χ1n) is 9.47. The normalized spacial score (nSPS) is 20.3. The van der Waals surface area contributed by atoms with Crippen molar-refractivity contribution in [2.45, 2.75) is 24.9 Å². The Morgan fingerprint density at radius 3 is 2.86 bits per heavy atom. The summed E-state index contributed by atoms with van der Waals surface area (Å²) in [4.78, 5) is 29.5. The number of piperazine rings is 1. The van der Waals surface area contributed by atoms with Crippen LogP contribution in [0, 0.1) is 5.82 Å². The quantitative estimate of drug-likeness (QED) is 0.697. The van der Waals surface area contributed by atoms with Crippen molar-refractivity contribution in [1.82, 2.24) is 24.3 Å². The van der Waals surface area contributed by atoms with Gasteiger partial charge in [0.05, 0.1) is 11.2 Å². The SMILES string of the molecule is NC(=O)C1CN(c2ccnc(-c3cnc4cc(F)c(Cl)cn34)n2)CCN1C1CC1. The number of halogens is 2. The van der Waals surface area contributed by atoms with Gasteiger partial charge in [-0.25, -0.2) is 19.3 Å². The maximum atomic E-state index is 13.7. The van der Waals surface area contributed by atoms with Gasteiger partial charge in [-0.1, -0.05) is 11.6 Å². The van der Waals surface area contributed by atoms with Gasteiger partial charge in [0.25, 0.3) is 0 Å². The number of pyridine rings is 1. The van der Waals surface area contributed by atoms with Crippen LogP contribution >= 0.6 is 11.6 Å². The monoisotopic (exact) mass is 415 g/mol. The molecule has 2 fully saturated rings. The Bertz CT molecular complexity index is 1100. The Balaban J connectivity index is 1.46. The fourth-order valence-corrected chi connectivity index (χ4v) is 4.04. The van der Waals surface area contributed by atoms with E-state index in [0.717, 1.165) is 25.9 Å². The number of amides is 1. The number of carbonyl (C=O) groups excluding carboxylic acids is 1. The molecule has 1 atom stereocenters. The highest BCUT2D eigenvalue weighted by atomic mass is 35.5. The molecule has 3 aromatic heterocycles. The molecule has 1 saturated carbocycles. The summed E-state index contributed by atoms with van der Waals surface area (Å²) in [5.74, 6) is 0.309. The summed E-state index contributed by atoms with van der Waals surface area (Å²) < 4.78 is 15.4. The Labute approximate surface area is 171 Å². The van der Waals surface area contributed by atoms with Crippen LogP contribution in [-0.4, -0.2) is 61.9 Å². The lowest BCUT2D eigenvalue weighted by Gasteiger charge is -2.40. The molecule has 0 spiro atoms. The van der Waals surface area contributed by atoms with E-state index in [2.05, 4.69) is 24.8 Å². The molecule has 1 unspecified atom stereocenters. The first-order chi connectivity index (χ1) is 14.0. The first-order valence-corrected chi connectivity index (χ1v) is 9.84. The van der Waals surface area contributed by atoms with Crippen molar-refractivity contribution >= 4 is 29.0 Å². The maximum absolute atomic E-state index is 13.7. The average molecular weight is 416 g/mol. The predicted molar refractivity (Wildman–Crippen MR) is 106 cm³/mol. The zero-order chi connectivity index (χ0) is 20.1. The van der Waals surface area contributed by atoms with E-state index < -0.39 is 5.82 Å². The van der Waals surface area contributed by atoms with Crippen LogP contribution < -0.4 is 10.6 Å². The molecule has 5 rings (SSSR count). The highest BCUT2D eigenvalue weighted by Crippen LogP contribution is 2.31. The van der Waals surface area contributed by atoms with Crippen molar-refractivity contribution in [1.29, 1.82) is 0 Å². The van der Waals surface area contributed by atoms with Crippen LogP contribution in [0.15, 0.2) is 30.7 Å². The second-order valence-corrected chi connectivity index (χ2v) is 7.82. The van der Waals surface area contributed by atoms with Gasteiger partial charge in [-0.2, -0.15) is 0 Å². The Hall–Kier alpha value is -2.78. The lowest BCUT2D eigenvalue weighted by Crippen LogP contribution is -2.59. The van der Waals surface area contributed by atoms with E-state index in [1.165, 1.54) is 12.3 Å². The molecule has 1 saturated heterocycles. The van der Waals surface area contributed by atoms with Crippen molar-refractivity contribution in [2.75, 3.05) is 24.5 Å². The molecule has 1 aliphatic carbocycles. The van der Waals surface area contributed by atoms with E-state index in [1.54, 1.807) is 16.8 Å². The van der Waals surface area contributed by atoms with Crippen molar-refractivity contribution < 1.29 is 9.18 Å². The van der Waals surface area contributed by atoms with Crippen molar-refractivity contribution in [2.24, 2.45) is 5.73 Å². The van der Waals surface area contributed by atoms with E-state index in [-0.39, 0.29) is 17.0 Å². The van der Waals surface area contributed by atoms with E-state index in [9.17, 15) is 9.18 Å². The molecule has 10 heteroatoms. The molecule has 150 valence electrons. The topological polar surface area (TPSA) is 92.7 Å². The summed E-state index contributed by atoms with van der Waals surface area (Å²) >= 11 is 5.93. The zero-order valence-electron chi connectivity index (χ0n) is 15.5. The molecule has 2 aliphatic rings. The molecule has 0 radical (unpaired) electrons. The minimum absolute atomic E-state index is 0.00611. The number of imidazole rings is 1. The number of carbonyl (C=O) groups is 1. The predicted octanol–water partition coefficient (Wildman–Crippen LogP) is 1.72. The average Bonchev–Trinajstić information content (AvgIpc) is 3.49. The summed E-state index contributed by atoms with van der Waals surface area (Å²) in [5, 5.41) is -0.00611. The molecule has 3 aromatic rings. The summed E-state index contributed by atoms with van der Waals surface area (Å²) in [6.07, 6.45) is 6.95. The van der Waals surface area contributed by atoms with Crippen LogP contribution in [0.4, 0.5) is 10.2 Å². The molecule has 4 heterocycles. The molecule has 1 amide bonds. The van der Waals surface area contributed by atoms with Gasteiger partial charge in [-0.05, 0) is 18.9 Å². The van der Waals surface area contributed by atoms with Gasteiger partial charge in [0.15, 0.2) is 5.82 Å². The summed E-state index contributed by atoms with van der Waals surface area (Å²) in [7, 11) is 0. The molecular weight excluding hydrogens is 397 g/mol. The van der Waals surface area contributed by atoms with Crippen LogP contribution in [-0.2, 0) is 4.79 Å². The van der Waals surface area contributed by atoms with Crippen LogP contribution in [0.5, 0.6) is 0 Å². The van der Waals surface area contributed by atoms with Crippen LogP contribution in [0.25, 0.3) is 17.2 Å². The Morgan fingerprint density at radius 2 is 2.10 bits per heavy atom. The van der Waals surface area contributed by atoms with Gasteiger partial charge in [-0.3, -0.25) is 14.1 Å². The van der Waals surface area contributed by atoms with Gasteiger partial charge in [-0.15, -0.1) is 0 Å². The second-order valence-electron chi connectivity index (χ2n) is 7.41. The van der Waals surface area contributed by atoms with Crippen molar-refractivity contribution in [3.05, 3.63) is 41.6 Å². The third-order valence-corrected chi connectivity index (χ3v) is 5.79. The fourth-order valence-electron chi connectivity index (χ4n) is 3.89. The van der Waals surface area contributed by atoms with Crippen LogP contribution in [0.1, 0.15) is 12.8 Å².